The Morgan fingerprint density at radius 2 is 1.93 bits per heavy atom. The van der Waals surface area contributed by atoms with E-state index in [1.807, 2.05) is 31.2 Å². The largest absolute Gasteiger partial charge is 0.319 e. The zero-order chi connectivity index (χ0) is 11.5. The molecule has 0 aliphatic rings. The van der Waals surface area contributed by atoms with Gasteiger partial charge >= 0.3 is 0 Å². The molecular weight excluding hydrogens is 301 g/mol. The minimum Gasteiger partial charge on any atom is -0.319 e. The summed E-state index contributed by atoms with van der Waals surface area (Å²) in [5.74, 6) is 0.103. The van der Waals surface area contributed by atoms with Gasteiger partial charge in [-0.2, -0.15) is 0 Å². The second-order valence-electron chi connectivity index (χ2n) is 4.00. The molecular formula is C12H16INO. The van der Waals surface area contributed by atoms with Crippen LogP contribution in [-0.2, 0) is 11.2 Å². The zero-order valence-electron chi connectivity index (χ0n) is 9.09. The van der Waals surface area contributed by atoms with Crippen molar-refractivity contribution >= 4 is 28.4 Å². The molecule has 2 N–H and O–H groups in total. The molecule has 0 saturated carbocycles. The first-order valence-electron chi connectivity index (χ1n) is 5.02. The van der Waals surface area contributed by atoms with Crippen LogP contribution in [0.2, 0.25) is 0 Å². The van der Waals surface area contributed by atoms with Gasteiger partial charge in [-0.3, -0.25) is 4.79 Å². The Balaban J connectivity index is 2.71. The highest BCUT2D eigenvalue weighted by Crippen LogP contribution is 2.13. The van der Waals surface area contributed by atoms with Crippen molar-refractivity contribution in [3.63, 3.8) is 0 Å². The lowest BCUT2D eigenvalue weighted by Gasteiger charge is -2.20. The number of ketones is 1. The number of Topliss-reactive ketones (excluding diaryl/α,β-unsaturated/α-hetero) is 1. The van der Waals surface area contributed by atoms with Gasteiger partial charge in [-0.15, -0.1) is 0 Å². The second-order valence-corrected chi connectivity index (χ2v) is 5.24. The predicted octanol–water partition coefficient (Wildman–Crippen LogP) is 2.53. The molecule has 3 heteroatoms. The average molecular weight is 317 g/mol. The van der Waals surface area contributed by atoms with Crippen LogP contribution in [0, 0.1) is 3.57 Å². The van der Waals surface area contributed by atoms with Gasteiger partial charge in [0.15, 0.2) is 5.78 Å². The van der Waals surface area contributed by atoms with Crippen LogP contribution in [0.1, 0.15) is 25.8 Å². The maximum absolute atomic E-state index is 11.8. The van der Waals surface area contributed by atoms with Crippen LogP contribution in [0.3, 0.4) is 0 Å². The van der Waals surface area contributed by atoms with E-state index in [2.05, 4.69) is 22.6 Å². The number of rotatable bonds is 4. The SMILES string of the molecule is CCC(C)(N)C(=O)Cc1ccc(I)cc1. The molecule has 0 amide bonds. The highest BCUT2D eigenvalue weighted by Gasteiger charge is 2.25. The van der Waals surface area contributed by atoms with E-state index in [1.165, 1.54) is 3.57 Å². The van der Waals surface area contributed by atoms with Crippen LogP contribution in [0.4, 0.5) is 0 Å². The summed E-state index contributed by atoms with van der Waals surface area (Å²) in [5, 5.41) is 0. The summed E-state index contributed by atoms with van der Waals surface area (Å²) in [6.45, 7) is 3.73. The van der Waals surface area contributed by atoms with E-state index in [1.54, 1.807) is 6.92 Å². The Labute approximate surface area is 104 Å². The molecule has 0 bridgehead atoms. The summed E-state index contributed by atoms with van der Waals surface area (Å²) in [6.07, 6.45) is 1.11. The molecule has 82 valence electrons. The number of carbonyl (C=O) groups is 1. The molecule has 1 rings (SSSR count). The molecule has 1 atom stereocenters. The van der Waals surface area contributed by atoms with Crippen LogP contribution in [-0.4, -0.2) is 11.3 Å². The summed E-state index contributed by atoms with van der Waals surface area (Å²) < 4.78 is 1.18. The first kappa shape index (κ1) is 12.6. The predicted molar refractivity (Wildman–Crippen MR) is 70.8 cm³/mol. The molecule has 0 radical (unpaired) electrons. The lowest BCUT2D eigenvalue weighted by Crippen LogP contribution is -2.45. The van der Waals surface area contributed by atoms with Gasteiger partial charge < -0.3 is 5.73 Å². The molecule has 0 aliphatic carbocycles. The summed E-state index contributed by atoms with van der Waals surface area (Å²) in [5.41, 5.74) is 6.23. The lowest BCUT2D eigenvalue weighted by atomic mass is 9.90. The summed E-state index contributed by atoms with van der Waals surface area (Å²) in [7, 11) is 0. The van der Waals surface area contributed by atoms with Gasteiger partial charge in [0.2, 0.25) is 0 Å². The van der Waals surface area contributed by atoms with Crippen molar-refractivity contribution in [2.24, 2.45) is 5.73 Å². The quantitative estimate of drug-likeness (QED) is 0.867. The molecule has 0 spiro atoms. The fraction of sp³-hybridized carbons (Fsp3) is 0.417. The van der Waals surface area contributed by atoms with Crippen LogP contribution in [0.5, 0.6) is 0 Å². The van der Waals surface area contributed by atoms with Gasteiger partial charge in [-0.05, 0) is 53.6 Å². The van der Waals surface area contributed by atoms with E-state index >= 15 is 0 Å². The molecule has 1 aromatic carbocycles. The van der Waals surface area contributed by atoms with Gasteiger partial charge in [0.25, 0.3) is 0 Å². The Morgan fingerprint density at radius 1 is 1.40 bits per heavy atom. The van der Waals surface area contributed by atoms with Crippen LogP contribution in [0.25, 0.3) is 0 Å². The van der Waals surface area contributed by atoms with E-state index in [-0.39, 0.29) is 5.78 Å². The van der Waals surface area contributed by atoms with E-state index in [4.69, 9.17) is 5.73 Å². The molecule has 2 nitrogen and oxygen atoms in total. The maximum atomic E-state index is 11.8. The number of carbonyl (C=O) groups excluding carboxylic acids is 1. The fourth-order valence-electron chi connectivity index (χ4n) is 1.19. The Hall–Kier alpha value is -0.420. The number of halogens is 1. The third kappa shape index (κ3) is 3.57. The van der Waals surface area contributed by atoms with Gasteiger partial charge in [0.05, 0.1) is 5.54 Å². The van der Waals surface area contributed by atoms with Gasteiger partial charge in [-0.25, -0.2) is 0 Å². The number of hydrogen-bond acceptors (Lipinski definition) is 2. The lowest BCUT2D eigenvalue weighted by molar-refractivity contribution is -0.123. The maximum Gasteiger partial charge on any atom is 0.156 e. The van der Waals surface area contributed by atoms with Crippen molar-refractivity contribution in [3.8, 4) is 0 Å². The zero-order valence-corrected chi connectivity index (χ0v) is 11.2. The highest BCUT2D eigenvalue weighted by atomic mass is 127. The molecule has 1 unspecified atom stereocenters. The highest BCUT2D eigenvalue weighted by molar-refractivity contribution is 14.1. The Kier molecular flexibility index (Phi) is 4.28. The van der Waals surface area contributed by atoms with E-state index in [0.29, 0.717) is 12.8 Å². The van der Waals surface area contributed by atoms with Crippen molar-refractivity contribution in [3.05, 3.63) is 33.4 Å². The fourth-order valence-corrected chi connectivity index (χ4v) is 1.55. The number of hydrogen-bond donors (Lipinski definition) is 1. The van der Waals surface area contributed by atoms with Crippen molar-refractivity contribution in [2.45, 2.75) is 32.2 Å². The molecule has 0 aromatic heterocycles. The third-order valence-corrected chi connectivity index (χ3v) is 3.37. The van der Waals surface area contributed by atoms with Gasteiger partial charge in [-0.1, -0.05) is 19.1 Å². The topological polar surface area (TPSA) is 43.1 Å². The van der Waals surface area contributed by atoms with Crippen LogP contribution >= 0.6 is 22.6 Å². The molecule has 0 saturated heterocycles. The first-order valence-corrected chi connectivity index (χ1v) is 6.10. The van der Waals surface area contributed by atoms with E-state index in [0.717, 1.165) is 5.56 Å². The minimum atomic E-state index is -0.691. The Morgan fingerprint density at radius 3 is 2.40 bits per heavy atom. The smallest absolute Gasteiger partial charge is 0.156 e. The summed E-state index contributed by atoms with van der Waals surface area (Å²) in [6, 6.07) is 7.96. The van der Waals surface area contributed by atoms with Crippen LogP contribution < -0.4 is 5.73 Å². The number of nitrogens with two attached hydrogens (primary N) is 1. The third-order valence-electron chi connectivity index (χ3n) is 2.65. The normalized spacial score (nSPS) is 14.7. The first-order chi connectivity index (χ1) is 6.95. The standard InChI is InChI=1S/C12H16INO/c1-3-12(2,14)11(15)8-9-4-6-10(13)7-5-9/h4-7H,3,8,14H2,1-2H3. The van der Waals surface area contributed by atoms with Crippen molar-refractivity contribution in [1.82, 2.24) is 0 Å². The van der Waals surface area contributed by atoms with E-state index in [9.17, 15) is 4.79 Å². The molecule has 0 aliphatic heterocycles. The van der Waals surface area contributed by atoms with Crippen molar-refractivity contribution in [1.29, 1.82) is 0 Å². The summed E-state index contributed by atoms with van der Waals surface area (Å²) in [4.78, 5) is 11.8. The number of benzene rings is 1. The van der Waals surface area contributed by atoms with E-state index < -0.39 is 5.54 Å². The van der Waals surface area contributed by atoms with Gasteiger partial charge in [0.1, 0.15) is 0 Å². The van der Waals surface area contributed by atoms with Crippen LogP contribution in [0.15, 0.2) is 24.3 Å². The second kappa shape index (κ2) is 5.07. The molecule has 0 heterocycles. The Bertz CT molecular complexity index is 343. The molecule has 0 fully saturated rings. The molecule has 1 aromatic rings. The summed E-state index contributed by atoms with van der Waals surface area (Å²) >= 11 is 2.24. The monoisotopic (exact) mass is 317 g/mol. The minimum absolute atomic E-state index is 0.103. The van der Waals surface area contributed by atoms with Gasteiger partial charge in [0, 0.05) is 9.99 Å². The van der Waals surface area contributed by atoms with Crippen molar-refractivity contribution < 1.29 is 4.79 Å². The van der Waals surface area contributed by atoms with Crippen molar-refractivity contribution in [2.75, 3.05) is 0 Å². The molecule has 15 heavy (non-hydrogen) atoms. The average Bonchev–Trinajstić information content (AvgIpc) is 2.21.